The van der Waals surface area contributed by atoms with Crippen molar-refractivity contribution in [3.8, 4) is 11.5 Å². The number of rotatable bonds is 7. The Balaban J connectivity index is 0.00000441. The second-order valence-electron chi connectivity index (χ2n) is 5.37. The maximum atomic E-state index is 11.9. The van der Waals surface area contributed by atoms with Crippen LogP contribution in [0.3, 0.4) is 0 Å². The highest BCUT2D eigenvalue weighted by Crippen LogP contribution is 2.32. The molecule has 0 saturated heterocycles. The normalized spacial score (nSPS) is 12.8. The molecule has 1 amide bonds. The number of carbonyl (C=O) groups excluding carboxylic acids is 1. The van der Waals surface area contributed by atoms with Gasteiger partial charge in [0.2, 0.25) is 5.91 Å². The number of benzene rings is 1. The maximum Gasteiger partial charge on any atom is 0.220 e. The van der Waals surface area contributed by atoms with Crippen LogP contribution in [0.15, 0.2) is 12.1 Å². The van der Waals surface area contributed by atoms with E-state index in [0.717, 1.165) is 11.1 Å². The predicted molar refractivity (Wildman–Crippen MR) is 91.0 cm³/mol. The topological polar surface area (TPSA) is 73.6 Å². The van der Waals surface area contributed by atoms with Crippen LogP contribution in [0, 0.1) is 6.92 Å². The van der Waals surface area contributed by atoms with E-state index in [0.29, 0.717) is 24.3 Å². The second kappa shape index (κ2) is 9.54. The SMILES string of the molecule is COc1cc(C)c(C(C)NC(=O)CCC(C)N)cc1OC.Cl. The molecule has 2 unspecified atom stereocenters. The van der Waals surface area contributed by atoms with Crippen molar-refractivity contribution in [3.05, 3.63) is 23.3 Å². The van der Waals surface area contributed by atoms with Crippen LogP contribution >= 0.6 is 12.4 Å². The van der Waals surface area contributed by atoms with Gasteiger partial charge in [0.05, 0.1) is 20.3 Å². The minimum Gasteiger partial charge on any atom is -0.493 e. The molecule has 0 spiro atoms. The van der Waals surface area contributed by atoms with E-state index < -0.39 is 0 Å². The van der Waals surface area contributed by atoms with Crippen molar-refractivity contribution in [1.29, 1.82) is 0 Å². The first-order valence-corrected chi connectivity index (χ1v) is 7.16. The zero-order valence-corrected chi connectivity index (χ0v) is 14.8. The molecule has 0 bridgehead atoms. The van der Waals surface area contributed by atoms with E-state index in [4.69, 9.17) is 15.2 Å². The molecule has 1 aromatic carbocycles. The highest BCUT2D eigenvalue weighted by molar-refractivity contribution is 5.85. The van der Waals surface area contributed by atoms with Crippen LogP contribution in [0.5, 0.6) is 11.5 Å². The molecule has 0 heterocycles. The standard InChI is InChI=1S/C16H26N2O3.ClH/c1-10-8-14(20-4)15(21-5)9-13(10)12(3)18-16(19)7-6-11(2)17;/h8-9,11-12H,6-7,17H2,1-5H3,(H,18,19);1H. The van der Waals surface area contributed by atoms with E-state index in [1.54, 1.807) is 14.2 Å². The molecule has 0 saturated carbocycles. The molecule has 2 atom stereocenters. The first kappa shape index (κ1) is 20.5. The Bertz CT molecular complexity index is 493. The Hall–Kier alpha value is -1.46. The summed E-state index contributed by atoms with van der Waals surface area (Å²) in [4.78, 5) is 11.9. The van der Waals surface area contributed by atoms with Gasteiger partial charge in [0, 0.05) is 12.5 Å². The quantitative estimate of drug-likeness (QED) is 0.806. The zero-order chi connectivity index (χ0) is 16.0. The van der Waals surface area contributed by atoms with Crippen LogP contribution in [0.4, 0.5) is 0 Å². The van der Waals surface area contributed by atoms with Crippen molar-refractivity contribution in [2.75, 3.05) is 14.2 Å². The number of hydrogen-bond donors (Lipinski definition) is 2. The number of aryl methyl sites for hydroxylation is 1. The van der Waals surface area contributed by atoms with Gasteiger partial charge < -0.3 is 20.5 Å². The van der Waals surface area contributed by atoms with Crippen LogP contribution in [0.25, 0.3) is 0 Å². The summed E-state index contributed by atoms with van der Waals surface area (Å²) in [5, 5.41) is 2.99. The van der Waals surface area contributed by atoms with Crippen molar-refractivity contribution in [2.45, 2.75) is 45.7 Å². The first-order valence-electron chi connectivity index (χ1n) is 7.16. The molecule has 6 heteroatoms. The highest BCUT2D eigenvalue weighted by Gasteiger charge is 2.15. The molecule has 0 aliphatic carbocycles. The van der Waals surface area contributed by atoms with Crippen molar-refractivity contribution in [1.82, 2.24) is 5.32 Å². The van der Waals surface area contributed by atoms with E-state index in [-0.39, 0.29) is 30.4 Å². The van der Waals surface area contributed by atoms with Crippen LogP contribution < -0.4 is 20.5 Å². The number of methoxy groups -OCH3 is 2. The summed E-state index contributed by atoms with van der Waals surface area (Å²) in [6.45, 7) is 5.84. The fourth-order valence-electron chi connectivity index (χ4n) is 2.21. The third kappa shape index (κ3) is 5.73. The molecule has 0 aliphatic heterocycles. The third-order valence-electron chi connectivity index (χ3n) is 3.44. The number of carbonyl (C=O) groups is 1. The summed E-state index contributed by atoms with van der Waals surface area (Å²) in [5.41, 5.74) is 7.73. The molecule has 22 heavy (non-hydrogen) atoms. The van der Waals surface area contributed by atoms with Gasteiger partial charge in [-0.1, -0.05) is 0 Å². The Morgan fingerprint density at radius 2 is 1.77 bits per heavy atom. The zero-order valence-electron chi connectivity index (χ0n) is 13.9. The lowest BCUT2D eigenvalue weighted by Crippen LogP contribution is -2.28. The van der Waals surface area contributed by atoms with Crippen molar-refractivity contribution >= 4 is 18.3 Å². The van der Waals surface area contributed by atoms with Crippen molar-refractivity contribution in [3.63, 3.8) is 0 Å². The smallest absolute Gasteiger partial charge is 0.220 e. The average Bonchev–Trinajstić information content (AvgIpc) is 2.44. The molecule has 126 valence electrons. The Morgan fingerprint density at radius 1 is 1.23 bits per heavy atom. The molecule has 5 nitrogen and oxygen atoms in total. The number of halogens is 1. The lowest BCUT2D eigenvalue weighted by Gasteiger charge is -2.19. The second-order valence-corrected chi connectivity index (χ2v) is 5.37. The number of nitrogens with one attached hydrogen (secondary N) is 1. The molecular weight excluding hydrogens is 304 g/mol. The predicted octanol–water partition coefficient (Wildman–Crippen LogP) is 2.74. The van der Waals surface area contributed by atoms with Gasteiger partial charge in [-0.2, -0.15) is 0 Å². The van der Waals surface area contributed by atoms with Gasteiger partial charge in [-0.25, -0.2) is 0 Å². The minimum atomic E-state index is -0.0922. The summed E-state index contributed by atoms with van der Waals surface area (Å²) in [6.07, 6.45) is 1.12. The molecule has 3 N–H and O–H groups in total. The monoisotopic (exact) mass is 330 g/mol. The fourth-order valence-corrected chi connectivity index (χ4v) is 2.21. The Kier molecular flexibility index (Phi) is 8.90. The molecule has 1 aromatic rings. The third-order valence-corrected chi connectivity index (χ3v) is 3.44. The van der Waals surface area contributed by atoms with Gasteiger partial charge in [0.15, 0.2) is 11.5 Å². The van der Waals surface area contributed by atoms with E-state index in [2.05, 4.69) is 5.32 Å². The highest BCUT2D eigenvalue weighted by atomic mass is 35.5. The summed E-state index contributed by atoms with van der Waals surface area (Å²) in [7, 11) is 3.21. The minimum absolute atomic E-state index is 0. The summed E-state index contributed by atoms with van der Waals surface area (Å²) >= 11 is 0. The Morgan fingerprint density at radius 3 is 2.27 bits per heavy atom. The Labute approximate surface area is 139 Å². The maximum absolute atomic E-state index is 11.9. The van der Waals surface area contributed by atoms with E-state index in [1.165, 1.54) is 0 Å². The van der Waals surface area contributed by atoms with Crippen LogP contribution in [-0.4, -0.2) is 26.2 Å². The van der Waals surface area contributed by atoms with E-state index in [9.17, 15) is 4.79 Å². The molecule has 0 radical (unpaired) electrons. The van der Waals surface area contributed by atoms with Crippen LogP contribution in [0.1, 0.15) is 43.9 Å². The van der Waals surface area contributed by atoms with E-state index in [1.807, 2.05) is 32.9 Å². The van der Waals surface area contributed by atoms with Gasteiger partial charge in [0.1, 0.15) is 0 Å². The lowest BCUT2D eigenvalue weighted by atomic mass is 10.0. The molecule has 0 aromatic heterocycles. The average molecular weight is 331 g/mol. The van der Waals surface area contributed by atoms with Gasteiger partial charge in [-0.15, -0.1) is 12.4 Å². The van der Waals surface area contributed by atoms with Crippen LogP contribution in [0.2, 0.25) is 0 Å². The van der Waals surface area contributed by atoms with Gasteiger partial charge in [0.25, 0.3) is 0 Å². The number of amides is 1. The van der Waals surface area contributed by atoms with Gasteiger partial charge in [-0.05, 0) is 50.5 Å². The molecule has 0 aliphatic rings. The van der Waals surface area contributed by atoms with E-state index >= 15 is 0 Å². The molecule has 1 rings (SSSR count). The van der Waals surface area contributed by atoms with Crippen molar-refractivity contribution in [2.24, 2.45) is 5.73 Å². The lowest BCUT2D eigenvalue weighted by molar-refractivity contribution is -0.121. The molecular formula is C16H27ClN2O3. The molecule has 0 fully saturated rings. The largest absolute Gasteiger partial charge is 0.493 e. The summed E-state index contributed by atoms with van der Waals surface area (Å²) in [6, 6.07) is 3.77. The summed E-state index contributed by atoms with van der Waals surface area (Å²) < 4.78 is 10.6. The fraction of sp³-hybridized carbons (Fsp3) is 0.562. The van der Waals surface area contributed by atoms with Gasteiger partial charge >= 0.3 is 0 Å². The van der Waals surface area contributed by atoms with Gasteiger partial charge in [-0.3, -0.25) is 4.79 Å². The van der Waals surface area contributed by atoms with Crippen LogP contribution in [-0.2, 0) is 4.79 Å². The van der Waals surface area contributed by atoms with Crippen molar-refractivity contribution < 1.29 is 14.3 Å². The first-order chi connectivity index (χ1) is 9.88. The number of nitrogens with two attached hydrogens (primary N) is 1. The summed E-state index contributed by atoms with van der Waals surface area (Å²) in [5.74, 6) is 1.36. The number of ether oxygens (including phenoxy) is 2. The number of hydrogen-bond acceptors (Lipinski definition) is 4.